The highest BCUT2D eigenvalue weighted by molar-refractivity contribution is 5.93. The molecule has 1 aliphatic carbocycles. The molecule has 0 spiro atoms. The second kappa shape index (κ2) is 10.1. The van der Waals surface area contributed by atoms with Crippen molar-refractivity contribution in [3.63, 3.8) is 0 Å². The summed E-state index contributed by atoms with van der Waals surface area (Å²) in [6.07, 6.45) is 5.36. The number of rotatable bonds is 7. The summed E-state index contributed by atoms with van der Waals surface area (Å²) in [6.45, 7) is 2.78. The van der Waals surface area contributed by atoms with E-state index in [9.17, 15) is 20.0 Å². The van der Waals surface area contributed by atoms with Crippen LogP contribution in [0, 0.1) is 10.1 Å². The summed E-state index contributed by atoms with van der Waals surface area (Å²) < 4.78 is 5.50. The van der Waals surface area contributed by atoms with E-state index in [0.29, 0.717) is 18.9 Å². The van der Waals surface area contributed by atoms with Crippen LogP contribution in [0.4, 0.5) is 11.4 Å². The topological polar surface area (TPSA) is 120 Å². The molecule has 2 aromatic rings. The van der Waals surface area contributed by atoms with E-state index in [1.165, 1.54) is 18.2 Å². The van der Waals surface area contributed by atoms with Crippen LogP contribution in [0.1, 0.15) is 28.8 Å². The Bertz CT molecular complexity index is 1130. The van der Waals surface area contributed by atoms with Crippen LogP contribution < -0.4 is 10.5 Å². The first-order chi connectivity index (χ1) is 16.0. The molecule has 1 N–H and O–H groups in total. The predicted octanol–water partition coefficient (Wildman–Crippen LogP) is 2.82. The maximum absolute atomic E-state index is 11.3. The third-order valence-corrected chi connectivity index (χ3v) is 5.60. The molecular formula is C24H23N4O5-. The van der Waals surface area contributed by atoms with Gasteiger partial charge in [-0.05, 0) is 53.8 Å². The van der Waals surface area contributed by atoms with Gasteiger partial charge in [0.2, 0.25) is 0 Å². The number of carbonyl (C=O) groups is 1. The molecule has 0 bridgehead atoms. The Kier molecular flexibility index (Phi) is 6.80. The van der Waals surface area contributed by atoms with E-state index in [1.54, 1.807) is 36.5 Å². The Morgan fingerprint density at radius 3 is 2.52 bits per heavy atom. The number of carbonyl (C=O) groups excluding carboxylic acids is 1. The minimum Gasteiger partial charge on any atom is -0.545 e. The maximum Gasteiger partial charge on any atom is 0.269 e. The monoisotopic (exact) mass is 447 g/mol. The molecule has 1 fully saturated rings. The van der Waals surface area contributed by atoms with Crippen LogP contribution in [-0.4, -0.2) is 48.3 Å². The Morgan fingerprint density at radius 2 is 1.82 bits per heavy atom. The van der Waals surface area contributed by atoms with Gasteiger partial charge in [-0.1, -0.05) is 18.2 Å². The van der Waals surface area contributed by atoms with Gasteiger partial charge in [-0.15, -0.1) is 0 Å². The van der Waals surface area contributed by atoms with Crippen molar-refractivity contribution in [3.8, 4) is 0 Å². The molecule has 0 amide bonds. The van der Waals surface area contributed by atoms with Crippen LogP contribution in [0.3, 0.4) is 0 Å². The van der Waals surface area contributed by atoms with E-state index in [2.05, 4.69) is 15.4 Å². The zero-order chi connectivity index (χ0) is 23.2. The fourth-order valence-electron chi connectivity index (χ4n) is 4.00. The average molecular weight is 447 g/mol. The summed E-state index contributed by atoms with van der Waals surface area (Å²) in [4.78, 5) is 24.1. The molecule has 4 rings (SSSR count). The van der Waals surface area contributed by atoms with E-state index < -0.39 is 10.9 Å². The number of non-ortho nitro benzene ring substituents is 1. The van der Waals surface area contributed by atoms with Crippen molar-refractivity contribution in [1.82, 2.24) is 4.90 Å². The quantitative estimate of drug-likeness (QED) is 0.394. The Morgan fingerprint density at radius 1 is 1.09 bits per heavy atom. The predicted molar refractivity (Wildman–Crippen MR) is 123 cm³/mol. The van der Waals surface area contributed by atoms with Crippen molar-refractivity contribution in [2.45, 2.75) is 12.8 Å². The van der Waals surface area contributed by atoms with Gasteiger partial charge in [0.1, 0.15) is 0 Å². The molecule has 9 heteroatoms. The summed E-state index contributed by atoms with van der Waals surface area (Å²) in [6, 6.07) is 12.9. The number of hydrazone groups is 1. The third-order valence-electron chi connectivity index (χ3n) is 5.60. The van der Waals surface area contributed by atoms with Crippen molar-refractivity contribution in [1.29, 1.82) is 0 Å². The molecule has 0 aromatic heterocycles. The summed E-state index contributed by atoms with van der Waals surface area (Å²) in [5.41, 5.74) is 7.41. The van der Waals surface area contributed by atoms with Crippen LogP contribution in [-0.2, 0) is 4.74 Å². The van der Waals surface area contributed by atoms with E-state index in [4.69, 9.17) is 4.74 Å². The zero-order valence-electron chi connectivity index (χ0n) is 17.9. The lowest BCUT2D eigenvalue weighted by Crippen LogP contribution is -2.36. The second-order valence-electron chi connectivity index (χ2n) is 7.69. The molecule has 33 heavy (non-hydrogen) atoms. The number of aromatic carboxylic acids is 1. The van der Waals surface area contributed by atoms with E-state index in [-0.39, 0.29) is 11.3 Å². The lowest BCUT2D eigenvalue weighted by molar-refractivity contribution is -0.384. The molecule has 1 heterocycles. The number of para-hydroxylation sites is 1. The van der Waals surface area contributed by atoms with Gasteiger partial charge in [-0.3, -0.25) is 15.5 Å². The molecule has 2 aliphatic rings. The van der Waals surface area contributed by atoms with Crippen LogP contribution in [0.25, 0.3) is 6.08 Å². The van der Waals surface area contributed by atoms with Gasteiger partial charge in [0.15, 0.2) is 0 Å². The summed E-state index contributed by atoms with van der Waals surface area (Å²) in [5, 5.41) is 26.5. The summed E-state index contributed by atoms with van der Waals surface area (Å²) in [5.74, 6) is -1.27. The number of ether oxygens (including phenoxy) is 1. The zero-order valence-corrected chi connectivity index (χ0v) is 17.9. The van der Waals surface area contributed by atoms with Crippen molar-refractivity contribution >= 4 is 29.6 Å². The fraction of sp³-hybridized carbons (Fsp3) is 0.250. The van der Waals surface area contributed by atoms with Crippen LogP contribution in [0.5, 0.6) is 0 Å². The number of anilines is 1. The molecule has 0 unspecified atom stereocenters. The average Bonchev–Trinajstić information content (AvgIpc) is 3.22. The minimum absolute atomic E-state index is 0.0437. The van der Waals surface area contributed by atoms with E-state index in [1.807, 2.05) is 6.08 Å². The van der Waals surface area contributed by atoms with Crippen molar-refractivity contribution in [2.24, 2.45) is 5.10 Å². The summed E-state index contributed by atoms with van der Waals surface area (Å²) in [7, 11) is 0. The van der Waals surface area contributed by atoms with Gasteiger partial charge in [-0.25, -0.2) is 0 Å². The number of benzene rings is 2. The minimum atomic E-state index is -1.27. The Balaban J connectivity index is 1.61. The number of morpholine rings is 1. The number of nitrogens with one attached hydrogen (secondary N) is 1. The fourth-order valence-corrected chi connectivity index (χ4v) is 4.00. The highest BCUT2D eigenvalue weighted by Gasteiger charge is 2.25. The Labute approximate surface area is 190 Å². The maximum atomic E-state index is 11.3. The molecule has 0 radical (unpaired) electrons. The van der Waals surface area contributed by atoms with Gasteiger partial charge in [0.05, 0.1) is 36.0 Å². The largest absolute Gasteiger partial charge is 0.545 e. The molecule has 1 aliphatic heterocycles. The standard InChI is InChI=1S/C24H24N4O5/c29-24(30)21-3-1-2-4-22(21)26-25-16-19-8-7-18(23(19)27-11-13-33-14-12-27)15-17-5-9-20(10-6-17)28(31)32/h1-6,9-10,15-16,26H,7-8,11-14H2,(H,29,30)/p-1/b18-15-,25-16-. The smallest absolute Gasteiger partial charge is 0.269 e. The number of allylic oxidation sites excluding steroid dienone is 2. The van der Waals surface area contributed by atoms with Gasteiger partial charge in [0, 0.05) is 36.5 Å². The van der Waals surface area contributed by atoms with Crippen LogP contribution in [0.2, 0.25) is 0 Å². The number of nitrogens with zero attached hydrogens (tertiary/aromatic N) is 3. The number of nitro benzene ring substituents is 1. The van der Waals surface area contributed by atoms with Crippen molar-refractivity contribution < 1.29 is 19.6 Å². The van der Waals surface area contributed by atoms with Gasteiger partial charge in [-0.2, -0.15) is 5.10 Å². The normalized spacial score (nSPS) is 17.7. The first-order valence-electron chi connectivity index (χ1n) is 10.6. The molecule has 1 saturated heterocycles. The molecule has 0 saturated carbocycles. The second-order valence-corrected chi connectivity index (χ2v) is 7.69. The summed E-state index contributed by atoms with van der Waals surface area (Å²) >= 11 is 0. The van der Waals surface area contributed by atoms with Crippen molar-refractivity contribution in [3.05, 3.63) is 86.6 Å². The molecule has 170 valence electrons. The molecule has 0 atom stereocenters. The van der Waals surface area contributed by atoms with E-state index >= 15 is 0 Å². The molecular weight excluding hydrogens is 424 g/mol. The lowest BCUT2D eigenvalue weighted by Gasteiger charge is -2.31. The highest BCUT2D eigenvalue weighted by Crippen LogP contribution is 2.35. The number of carboxylic acid groups (broad SMARTS) is 1. The molecule has 9 nitrogen and oxygen atoms in total. The Hall–Kier alpha value is -3.98. The number of hydrogen-bond acceptors (Lipinski definition) is 8. The molecule has 2 aromatic carbocycles. The van der Waals surface area contributed by atoms with E-state index in [0.717, 1.165) is 48.3 Å². The first kappa shape index (κ1) is 22.2. The third kappa shape index (κ3) is 5.27. The highest BCUT2D eigenvalue weighted by atomic mass is 16.6. The number of carboxylic acids is 1. The lowest BCUT2D eigenvalue weighted by atomic mass is 10.1. The van der Waals surface area contributed by atoms with Crippen molar-refractivity contribution in [2.75, 3.05) is 31.7 Å². The van der Waals surface area contributed by atoms with Gasteiger partial charge in [0.25, 0.3) is 5.69 Å². The van der Waals surface area contributed by atoms with Gasteiger partial charge < -0.3 is 19.5 Å². The van der Waals surface area contributed by atoms with Crippen LogP contribution in [0.15, 0.2) is 70.5 Å². The van der Waals surface area contributed by atoms with Crippen LogP contribution >= 0.6 is 0 Å². The van der Waals surface area contributed by atoms with Gasteiger partial charge >= 0.3 is 0 Å². The first-order valence-corrected chi connectivity index (χ1v) is 10.6. The SMILES string of the molecule is O=C([O-])c1ccccc1N/N=C\C1=C(N2CCOCC2)C(=C\c2ccc([N+](=O)[O-])cc2)/CC1. The number of nitro groups is 1. The number of hydrogen-bond donors (Lipinski definition) is 1.